The maximum Gasteiger partial charge on any atom is 0.418 e. The van der Waals surface area contributed by atoms with Crippen LogP contribution in [0, 0.1) is 23.3 Å². The number of benzene rings is 2. The highest BCUT2D eigenvalue weighted by molar-refractivity contribution is 5.98. The van der Waals surface area contributed by atoms with Gasteiger partial charge in [0.2, 0.25) is 5.88 Å². The van der Waals surface area contributed by atoms with E-state index in [0.29, 0.717) is 31.5 Å². The van der Waals surface area contributed by atoms with E-state index in [2.05, 4.69) is 33.7 Å². The summed E-state index contributed by atoms with van der Waals surface area (Å²) in [5.74, 6) is -4.81. The number of nitrogens with zero attached hydrogens (tertiary/aromatic N) is 7. The number of ether oxygens (including phenoxy) is 3. The van der Waals surface area contributed by atoms with E-state index < -0.39 is 46.7 Å². The molecule has 7 heterocycles. The van der Waals surface area contributed by atoms with Gasteiger partial charge in [-0.3, -0.25) is 24.4 Å². The van der Waals surface area contributed by atoms with Crippen LogP contribution in [0.2, 0.25) is 0 Å². The van der Waals surface area contributed by atoms with Gasteiger partial charge in [-0.25, -0.2) is 27.3 Å². The number of piperazine rings is 1. The predicted octanol–water partition coefficient (Wildman–Crippen LogP) is 13.0. The molecule has 4 unspecified atom stereocenters. The van der Waals surface area contributed by atoms with Crippen LogP contribution in [-0.2, 0) is 14.3 Å². The molecule has 9 rings (SSSR count). The summed E-state index contributed by atoms with van der Waals surface area (Å²) in [7, 11) is 0. The standard InChI is InChI=1S/C57H69F4N7O6/c1-3-5-7-9-11-13-15-18-46(69)73-45-32-38-22-27-43(59)49(60)48(38)52(63-45)53-50(61)51-42(33-62-53)54(65-55(64-51)72-36-57-29-17-31-67(57)44(28-30-57)37-20-23-39(58)24-21-37)66-34-40-25-26-41(35-66)68(40)56(71)74-47(70)19-16-14-12-10-8-6-4-2/h20-24,27,32-33,40-41,44H,3-19,25-26,28-31,34-36H2,1-2H3. The first kappa shape index (κ1) is 52.9. The molecule has 2 aromatic carbocycles. The fourth-order valence-corrected chi connectivity index (χ4v) is 11.9. The number of amides is 1. The van der Waals surface area contributed by atoms with Gasteiger partial charge in [0.15, 0.2) is 17.5 Å². The molecule has 3 aromatic heterocycles. The van der Waals surface area contributed by atoms with Crippen LogP contribution in [-0.4, -0.2) is 91.6 Å². The van der Waals surface area contributed by atoms with E-state index in [1.807, 2.05) is 17.0 Å². The van der Waals surface area contributed by atoms with Crippen LogP contribution in [0.25, 0.3) is 33.1 Å². The lowest BCUT2D eigenvalue weighted by atomic mass is 9.95. The van der Waals surface area contributed by atoms with E-state index in [1.165, 1.54) is 49.7 Å². The Morgan fingerprint density at radius 1 is 0.716 bits per heavy atom. The Bertz CT molecular complexity index is 2790. The molecule has 2 bridgehead atoms. The number of unbranched alkanes of at least 4 members (excludes halogenated alkanes) is 12. The van der Waals surface area contributed by atoms with Gasteiger partial charge in [0.1, 0.15) is 35.1 Å². The Balaban J connectivity index is 1.01. The summed E-state index contributed by atoms with van der Waals surface area (Å²) in [5, 5.41) is -0.0418. The molecule has 0 aliphatic carbocycles. The molecule has 17 heteroatoms. The fraction of sp³-hybridized carbons (Fsp3) is 0.561. The molecule has 4 atom stereocenters. The van der Waals surface area contributed by atoms with E-state index in [0.717, 1.165) is 102 Å². The van der Waals surface area contributed by atoms with Crippen LogP contribution < -0.4 is 14.4 Å². The van der Waals surface area contributed by atoms with Gasteiger partial charge in [-0.05, 0) is 87.1 Å². The monoisotopic (exact) mass is 1020 g/mol. The highest BCUT2D eigenvalue weighted by atomic mass is 19.2. The molecule has 0 N–H and O–H groups in total. The number of anilines is 1. The number of aromatic nitrogens is 4. The molecular weight excluding hydrogens is 955 g/mol. The van der Waals surface area contributed by atoms with Crippen molar-refractivity contribution in [3.05, 3.63) is 77.5 Å². The molecular formula is C57H69F4N7O6. The second kappa shape index (κ2) is 24.1. The normalized spacial score (nSPS) is 20.4. The summed E-state index contributed by atoms with van der Waals surface area (Å²) in [5.41, 5.74) is -0.441. The maximum atomic E-state index is 17.7. The Labute approximate surface area is 430 Å². The SMILES string of the molecule is CCCCCCCCCC(=O)OC(=O)N1C2CCC1CN(c1nc(OCC34CCCN3C(c3ccc(F)cc3)CC4)nc3c(F)c(-c4nc(OC(=O)CCCCCCCCC)cc5ccc(F)c(F)c45)ncc13)C2. The Kier molecular flexibility index (Phi) is 17.2. The highest BCUT2D eigenvalue weighted by Crippen LogP contribution is 2.49. The molecule has 74 heavy (non-hydrogen) atoms. The van der Waals surface area contributed by atoms with E-state index in [4.69, 9.17) is 19.2 Å². The van der Waals surface area contributed by atoms with E-state index in [-0.39, 0.29) is 95.7 Å². The summed E-state index contributed by atoms with van der Waals surface area (Å²) < 4.78 is 80.2. The number of fused-ring (bicyclic) bond motifs is 5. The van der Waals surface area contributed by atoms with Crippen LogP contribution in [0.4, 0.5) is 28.2 Å². The second-order valence-electron chi connectivity index (χ2n) is 20.9. The van der Waals surface area contributed by atoms with Gasteiger partial charge in [-0.2, -0.15) is 9.97 Å². The lowest BCUT2D eigenvalue weighted by molar-refractivity contribution is -0.139. The van der Waals surface area contributed by atoms with Crippen molar-refractivity contribution in [1.82, 2.24) is 29.7 Å². The quantitative estimate of drug-likeness (QED) is 0.0266. The number of esters is 2. The van der Waals surface area contributed by atoms with Gasteiger partial charge in [0, 0.05) is 49.6 Å². The first-order chi connectivity index (χ1) is 36.0. The minimum atomic E-state index is -1.28. The van der Waals surface area contributed by atoms with E-state index in [9.17, 15) is 18.8 Å². The van der Waals surface area contributed by atoms with Gasteiger partial charge < -0.3 is 19.1 Å². The third-order valence-corrected chi connectivity index (χ3v) is 15.7. The van der Waals surface area contributed by atoms with Crippen LogP contribution in [0.15, 0.2) is 48.7 Å². The van der Waals surface area contributed by atoms with Gasteiger partial charge in [0.25, 0.3) is 0 Å². The molecule has 4 aliphatic rings. The third kappa shape index (κ3) is 11.8. The number of carbonyl (C=O) groups excluding carboxylic acids is 3. The highest BCUT2D eigenvalue weighted by Gasteiger charge is 2.50. The number of hydrogen-bond acceptors (Lipinski definition) is 12. The van der Waals surface area contributed by atoms with Crippen molar-refractivity contribution in [1.29, 1.82) is 0 Å². The van der Waals surface area contributed by atoms with Crippen molar-refractivity contribution in [3.8, 4) is 23.3 Å². The number of halogens is 4. The zero-order valence-electron chi connectivity index (χ0n) is 42.8. The summed E-state index contributed by atoms with van der Waals surface area (Å²) >= 11 is 0. The molecule has 0 radical (unpaired) electrons. The zero-order valence-corrected chi connectivity index (χ0v) is 42.8. The van der Waals surface area contributed by atoms with Gasteiger partial charge >= 0.3 is 24.0 Å². The predicted molar refractivity (Wildman–Crippen MR) is 274 cm³/mol. The molecule has 4 fully saturated rings. The topological polar surface area (TPSA) is 140 Å². The molecule has 4 saturated heterocycles. The number of hydrogen-bond donors (Lipinski definition) is 0. The van der Waals surface area contributed by atoms with Gasteiger partial charge in [-0.15, -0.1) is 0 Å². The molecule has 5 aromatic rings. The van der Waals surface area contributed by atoms with Crippen molar-refractivity contribution in [2.24, 2.45) is 0 Å². The average molecular weight is 1020 g/mol. The van der Waals surface area contributed by atoms with Crippen molar-refractivity contribution >= 4 is 45.5 Å². The first-order valence-electron chi connectivity index (χ1n) is 27.3. The summed E-state index contributed by atoms with van der Waals surface area (Å²) in [6, 6.07) is 9.39. The second-order valence-corrected chi connectivity index (χ2v) is 20.9. The minimum absolute atomic E-state index is 0.0536. The molecule has 0 spiro atoms. The van der Waals surface area contributed by atoms with Crippen molar-refractivity contribution in [2.45, 2.75) is 179 Å². The molecule has 1 amide bonds. The van der Waals surface area contributed by atoms with Gasteiger partial charge in [-0.1, -0.05) is 109 Å². The van der Waals surface area contributed by atoms with E-state index >= 15 is 13.2 Å². The van der Waals surface area contributed by atoms with Crippen molar-refractivity contribution in [2.75, 3.05) is 31.1 Å². The van der Waals surface area contributed by atoms with Crippen LogP contribution in [0.5, 0.6) is 11.9 Å². The molecule has 0 saturated carbocycles. The third-order valence-electron chi connectivity index (χ3n) is 15.7. The molecule has 396 valence electrons. The van der Waals surface area contributed by atoms with Crippen molar-refractivity contribution < 1.29 is 46.2 Å². The van der Waals surface area contributed by atoms with E-state index in [1.54, 1.807) is 4.90 Å². The average Bonchev–Trinajstić information content (AvgIpc) is 4.05. The fourth-order valence-electron chi connectivity index (χ4n) is 11.9. The number of carbonyl (C=O) groups is 3. The lowest BCUT2D eigenvalue weighted by Crippen LogP contribution is -2.56. The maximum absolute atomic E-state index is 17.7. The van der Waals surface area contributed by atoms with Crippen LogP contribution >= 0.6 is 0 Å². The smallest absolute Gasteiger partial charge is 0.418 e. The Morgan fingerprint density at radius 2 is 1.38 bits per heavy atom. The Morgan fingerprint density at radius 3 is 2.07 bits per heavy atom. The lowest BCUT2D eigenvalue weighted by Gasteiger charge is -2.41. The molecule has 4 aliphatic heterocycles. The largest absolute Gasteiger partial charge is 0.461 e. The van der Waals surface area contributed by atoms with Crippen LogP contribution in [0.1, 0.15) is 167 Å². The first-order valence-corrected chi connectivity index (χ1v) is 27.3. The van der Waals surface area contributed by atoms with Crippen molar-refractivity contribution in [3.63, 3.8) is 0 Å². The molecule has 13 nitrogen and oxygen atoms in total. The Hall–Kier alpha value is -5.97. The van der Waals surface area contributed by atoms with Gasteiger partial charge in [0.05, 0.1) is 23.0 Å². The van der Waals surface area contributed by atoms with Crippen LogP contribution in [0.3, 0.4) is 0 Å². The summed E-state index contributed by atoms with van der Waals surface area (Å²) in [6.45, 7) is 5.85. The number of pyridine rings is 2. The summed E-state index contributed by atoms with van der Waals surface area (Å²) in [6.07, 6.45) is 19.8. The zero-order chi connectivity index (χ0) is 51.8. The summed E-state index contributed by atoms with van der Waals surface area (Å²) in [4.78, 5) is 64.1. The minimum Gasteiger partial charge on any atom is -0.461 e. The number of rotatable bonds is 23.